The molecule has 38 heavy (non-hydrogen) atoms. The van der Waals surface area contributed by atoms with Crippen molar-refractivity contribution in [3.8, 4) is 11.3 Å². The zero-order chi connectivity index (χ0) is 26.6. The Labute approximate surface area is 220 Å². The fourth-order valence-corrected chi connectivity index (χ4v) is 6.72. The molecule has 0 radical (unpaired) electrons. The van der Waals surface area contributed by atoms with Gasteiger partial charge in [0.2, 0.25) is 0 Å². The third kappa shape index (κ3) is 3.99. The number of aromatic nitrogens is 5. The molecule has 8 nitrogen and oxygen atoms in total. The van der Waals surface area contributed by atoms with E-state index < -0.39 is 15.7 Å². The molecule has 1 aliphatic heterocycles. The van der Waals surface area contributed by atoms with Gasteiger partial charge in [0.15, 0.2) is 9.84 Å². The second kappa shape index (κ2) is 9.28. The number of nitrogens with zero attached hydrogens (tertiary/aromatic N) is 5. The molecule has 1 fully saturated rings. The molecule has 0 spiro atoms. The third-order valence-electron chi connectivity index (χ3n) is 7.49. The average Bonchev–Trinajstić information content (AvgIpc) is 3.42. The van der Waals surface area contributed by atoms with Crippen LogP contribution in [0.2, 0.25) is 0 Å². The lowest BCUT2D eigenvalue weighted by atomic mass is 9.86. The van der Waals surface area contributed by atoms with E-state index in [9.17, 15) is 8.42 Å². The highest BCUT2D eigenvalue weighted by Gasteiger charge is 2.33. The monoisotopic (exact) mass is 533 g/mol. The molecule has 5 aromatic rings. The zero-order valence-corrected chi connectivity index (χ0v) is 22.2. The highest BCUT2D eigenvalue weighted by atomic mass is 32.2. The number of halogens is 1. The standard InChI is InChI=1S/C28H28FN5O3S/c1-17-26(33(2)32-31-17)20-15-22-25(30-16-20)24-21(29)9-10-23(38(3,35)36)28(24)34(22)27(18-7-5-4-6-8-18)19-11-13-37-14-12-19/h4-10,15-16,19,27H,11-14H2,1-3H3. The third-order valence-corrected chi connectivity index (χ3v) is 8.62. The Balaban J connectivity index is 1.78. The molecule has 0 bridgehead atoms. The van der Waals surface area contributed by atoms with Gasteiger partial charge in [-0.15, -0.1) is 5.10 Å². The Morgan fingerprint density at radius 2 is 1.84 bits per heavy atom. The second-order valence-corrected chi connectivity index (χ2v) is 11.9. The van der Waals surface area contributed by atoms with Gasteiger partial charge in [-0.05, 0) is 49.4 Å². The second-order valence-electron chi connectivity index (χ2n) is 9.96. The Kier molecular flexibility index (Phi) is 6.03. The fourth-order valence-electron chi connectivity index (χ4n) is 5.85. The lowest BCUT2D eigenvalue weighted by molar-refractivity contribution is 0.0552. The van der Waals surface area contributed by atoms with E-state index in [0.29, 0.717) is 29.8 Å². The molecule has 1 atom stereocenters. The van der Waals surface area contributed by atoms with Crippen LogP contribution in [-0.4, -0.2) is 52.4 Å². The molecule has 0 saturated carbocycles. The van der Waals surface area contributed by atoms with Crippen molar-refractivity contribution in [2.45, 2.75) is 30.7 Å². The summed E-state index contributed by atoms with van der Waals surface area (Å²) in [5, 5.41) is 8.52. The first-order valence-corrected chi connectivity index (χ1v) is 14.5. The molecule has 0 amide bonds. The van der Waals surface area contributed by atoms with E-state index in [-0.39, 0.29) is 22.2 Å². The van der Waals surface area contributed by atoms with Gasteiger partial charge in [0.05, 0.1) is 44.3 Å². The predicted molar refractivity (Wildman–Crippen MR) is 143 cm³/mol. The van der Waals surface area contributed by atoms with Crippen molar-refractivity contribution >= 4 is 31.8 Å². The van der Waals surface area contributed by atoms with Crippen LogP contribution >= 0.6 is 0 Å². The molecular formula is C28H28FN5O3S. The summed E-state index contributed by atoms with van der Waals surface area (Å²) in [5.41, 5.74) is 4.75. The smallest absolute Gasteiger partial charge is 0.177 e. The Morgan fingerprint density at radius 1 is 1.11 bits per heavy atom. The lowest BCUT2D eigenvalue weighted by Crippen LogP contribution is -2.27. The SMILES string of the molecule is Cc1nnn(C)c1-c1cnc2c3c(F)ccc(S(C)(=O)=O)c3n(C(c3ccccc3)C3CCOCC3)c2c1. The maximum absolute atomic E-state index is 15.6. The normalized spacial score (nSPS) is 15.9. The fraction of sp³-hybridized carbons (Fsp3) is 0.321. The summed E-state index contributed by atoms with van der Waals surface area (Å²) in [6.45, 7) is 3.10. The molecule has 2 aromatic carbocycles. The summed E-state index contributed by atoms with van der Waals surface area (Å²) in [7, 11) is -1.88. The van der Waals surface area contributed by atoms with E-state index >= 15 is 4.39 Å². The first-order valence-electron chi connectivity index (χ1n) is 12.6. The first kappa shape index (κ1) is 24.7. The summed E-state index contributed by atoms with van der Waals surface area (Å²) >= 11 is 0. The highest BCUT2D eigenvalue weighted by molar-refractivity contribution is 7.91. The van der Waals surface area contributed by atoms with Crippen molar-refractivity contribution in [2.24, 2.45) is 13.0 Å². The Morgan fingerprint density at radius 3 is 2.50 bits per heavy atom. The van der Waals surface area contributed by atoms with Crippen LogP contribution in [0.4, 0.5) is 4.39 Å². The minimum Gasteiger partial charge on any atom is -0.381 e. The largest absolute Gasteiger partial charge is 0.381 e. The number of hydrogen-bond acceptors (Lipinski definition) is 6. The van der Waals surface area contributed by atoms with Crippen LogP contribution in [0, 0.1) is 18.7 Å². The van der Waals surface area contributed by atoms with Crippen LogP contribution in [0.5, 0.6) is 0 Å². The summed E-state index contributed by atoms with van der Waals surface area (Å²) in [5.74, 6) is -0.363. The van der Waals surface area contributed by atoms with Crippen molar-refractivity contribution in [2.75, 3.05) is 19.5 Å². The van der Waals surface area contributed by atoms with Crippen LogP contribution in [-0.2, 0) is 21.6 Å². The summed E-state index contributed by atoms with van der Waals surface area (Å²) in [6, 6.07) is 14.3. The van der Waals surface area contributed by atoms with Crippen molar-refractivity contribution in [1.82, 2.24) is 24.5 Å². The van der Waals surface area contributed by atoms with Crippen molar-refractivity contribution in [3.05, 3.63) is 71.8 Å². The molecule has 3 aromatic heterocycles. The van der Waals surface area contributed by atoms with E-state index in [2.05, 4.69) is 10.3 Å². The molecule has 10 heteroatoms. The molecule has 1 saturated heterocycles. The number of sulfone groups is 1. The molecule has 1 unspecified atom stereocenters. The number of benzene rings is 2. The number of aryl methyl sites for hydroxylation is 2. The van der Waals surface area contributed by atoms with E-state index in [0.717, 1.165) is 41.6 Å². The summed E-state index contributed by atoms with van der Waals surface area (Å²) in [6.07, 6.45) is 4.43. The van der Waals surface area contributed by atoms with Crippen LogP contribution in [0.25, 0.3) is 33.2 Å². The minimum absolute atomic E-state index is 0.0832. The predicted octanol–water partition coefficient (Wildman–Crippen LogP) is 4.85. The Hall–Kier alpha value is -3.63. The van der Waals surface area contributed by atoms with Crippen LogP contribution in [0.3, 0.4) is 0 Å². The topological polar surface area (TPSA) is 91.9 Å². The molecule has 196 valence electrons. The molecule has 0 aliphatic carbocycles. The van der Waals surface area contributed by atoms with Crippen LogP contribution in [0.1, 0.15) is 30.1 Å². The number of hydrogen-bond donors (Lipinski definition) is 0. The first-order chi connectivity index (χ1) is 18.3. The number of rotatable bonds is 5. The van der Waals surface area contributed by atoms with Crippen molar-refractivity contribution in [3.63, 3.8) is 0 Å². The van der Waals surface area contributed by atoms with Gasteiger partial charge >= 0.3 is 0 Å². The van der Waals surface area contributed by atoms with Gasteiger partial charge < -0.3 is 9.30 Å². The van der Waals surface area contributed by atoms with E-state index in [4.69, 9.17) is 9.72 Å². The van der Waals surface area contributed by atoms with Gasteiger partial charge in [0.25, 0.3) is 0 Å². The highest BCUT2D eigenvalue weighted by Crippen LogP contribution is 2.43. The number of pyridine rings is 1. The molecule has 0 N–H and O–H groups in total. The summed E-state index contributed by atoms with van der Waals surface area (Å²) in [4.78, 5) is 4.81. The average molecular weight is 534 g/mol. The van der Waals surface area contributed by atoms with Crippen molar-refractivity contribution < 1.29 is 17.5 Å². The summed E-state index contributed by atoms with van der Waals surface area (Å²) < 4.78 is 51.1. The zero-order valence-electron chi connectivity index (χ0n) is 21.4. The van der Waals surface area contributed by atoms with Gasteiger partial charge in [-0.3, -0.25) is 4.98 Å². The molecular weight excluding hydrogens is 505 g/mol. The molecule has 1 aliphatic rings. The van der Waals surface area contributed by atoms with E-state index in [1.54, 1.807) is 10.9 Å². The van der Waals surface area contributed by atoms with E-state index in [1.807, 2.05) is 54.9 Å². The minimum atomic E-state index is -3.69. The van der Waals surface area contributed by atoms with Crippen LogP contribution < -0.4 is 0 Å². The molecule has 6 rings (SSSR count). The Bertz CT molecular complexity index is 1750. The number of ether oxygens (including phenoxy) is 1. The van der Waals surface area contributed by atoms with Gasteiger partial charge in [-0.25, -0.2) is 17.5 Å². The molecule has 4 heterocycles. The van der Waals surface area contributed by atoms with E-state index in [1.165, 1.54) is 12.1 Å². The van der Waals surface area contributed by atoms with Crippen molar-refractivity contribution in [1.29, 1.82) is 0 Å². The maximum Gasteiger partial charge on any atom is 0.177 e. The quantitative estimate of drug-likeness (QED) is 0.300. The van der Waals surface area contributed by atoms with Gasteiger partial charge in [-0.2, -0.15) is 0 Å². The van der Waals surface area contributed by atoms with Crippen LogP contribution in [0.15, 0.2) is 59.6 Å². The van der Waals surface area contributed by atoms with Gasteiger partial charge in [0, 0.05) is 38.3 Å². The number of fused-ring (bicyclic) bond motifs is 3. The van der Waals surface area contributed by atoms with Gasteiger partial charge in [0.1, 0.15) is 5.82 Å². The van der Waals surface area contributed by atoms with Gasteiger partial charge in [-0.1, -0.05) is 35.5 Å². The maximum atomic E-state index is 15.6. The lowest BCUT2D eigenvalue weighted by Gasteiger charge is -2.33.